The molecule has 3 aromatic rings. The number of benzene rings is 2. The van der Waals surface area contributed by atoms with E-state index >= 15 is 0 Å². The van der Waals surface area contributed by atoms with E-state index in [-0.39, 0.29) is 37.6 Å². The van der Waals surface area contributed by atoms with Crippen LogP contribution >= 0.6 is 0 Å². The third-order valence-corrected chi connectivity index (χ3v) is 9.66. The quantitative estimate of drug-likeness (QED) is 0.0720. The minimum Gasteiger partial charge on any atom is -0.372 e. The number of likely N-dealkylation sites (tertiary alicyclic amines) is 1. The van der Waals surface area contributed by atoms with Crippen LogP contribution in [0.25, 0.3) is 0 Å². The van der Waals surface area contributed by atoms with Crippen LogP contribution < -0.4 is 32.3 Å². The molecule has 1 saturated heterocycles. The lowest BCUT2D eigenvalue weighted by molar-refractivity contribution is -0.142. The number of hydrogen-bond donors (Lipinski definition) is 7. The van der Waals surface area contributed by atoms with Gasteiger partial charge in [0.2, 0.25) is 35.4 Å². The molecule has 1 unspecified atom stereocenters. The van der Waals surface area contributed by atoms with Crippen molar-refractivity contribution in [2.75, 3.05) is 19.6 Å². The van der Waals surface area contributed by atoms with E-state index in [0.717, 1.165) is 17.5 Å². The molecule has 0 bridgehead atoms. The Morgan fingerprint density at radius 1 is 0.860 bits per heavy atom. The van der Waals surface area contributed by atoms with E-state index in [9.17, 15) is 28.8 Å². The highest BCUT2D eigenvalue weighted by molar-refractivity contribution is 5.96. The lowest BCUT2D eigenvalue weighted by Gasteiger charge is -2.30. The fourth-order valence-corrected chi connectivity index (χ4v) is 6.58. The molecular weight excluding hydrogens is 731 g/mol. The topological polar surface area (TPSA) is 230 Å². The van der Waals surface area contributed by atoms with Crippen molar-refractivity contribution in [1.82, 2.24) is 41.5 Å². The van der Waals surface area contributed by atoms with Gasteiger partial charge in [-0.25, -0.2) is 4.98 Å². The lowest BCUT2D eigenvalue weighted by Crippen LogP contribution is -2.59. The van der Waals surface area contributed by atoms with Gasteiger partial charge >= 0.3 is 0 Å². The summed E-state index contributed by atoms with van der Waals surface area (Å²) in [6, 6.07) is 13.6. The first kappa shape index (κ1) is 44.1. The van der Waals surface area contributed by atoms with Gasteiger partial charge in [0.05, 0.1) is 19.0 Å². The Hall–Kier alpha value is -5.61. The number of unbranched alkanes of at least 4 members (excludes halogenated alkanes) is 1. The molecule has 308 valence electrons. The molecule has 2 aromatic carbocycles. The average Bonchev–Trinajstić information content (AvgIpc) is 3.89. The fourth-order valence-electron chi connectivity index (χ4n) is 6.58. The van der Waals surface area contributed by atoms with Crippen LogP contribution in [0.15, 0.2) is 73.2 Å². The van der Waals surface area contributed by atoms with Crippen LogP contribution in [0.5, 0.6) is 0 Å². The van der Waals surface area contributed by atoms with Crippen molar-refractivity contribution in [3.05, 3.63) is 90.0 Å². The number of rotatable bonds is 22. The predicted molar refractivity (Wildman–Crippen MR) is 213 cm³/mol. The molecular formula is C41H57N9O7. The van der Waals surface area contributed by atoms with Crippen LogP contribution in [0.4, 0.5) is 0 Å². The van der Waals surface area contributed by atoms with Crippen LogP contribution in [0, 0.1) is 0 Å². The van der Waals surface area contributed by atoms with Gasteiger partial charge in [-0.2, -0.15) is 0 Å². The predicted octanol–water partition coefficient (Wildman–Crippen LogP) is 1.02. The second-order valence-electron chi connectivity index (χ2n) is 14.3. The Balaban J connectivity index is 1.56. The summed E-state index contributed by atoms with van der Waals surface area (Å²) in [6.45, 7) is 5.90. The molecule has 0 aliphatic carbocycles. The maximum atomic E-state index is 14.6. The van der Waals surface area contributed by atoms with Crippen LogP contribution in [-0.4, -0.2) is 106 Å². The summed E-state index contributed by atoms with van der Waals surface area (Å²) in [5.41, 5.74) is 7.91. The SMILES string of the molecule is CCCC[C@H](NC(C)=O)C(=O)N[C@@H](C)C(=O)N[C@@H](Cc1cnc[nH]1)C(=O)N[C@H](Cc1ccccc1)C(=O)N1C[C@@H](OCc2ccccc2)CC1C(=O)NCCCN. The van der Waals surface area contributed by atoms with E-state index in [1.807, 2.05) is 67.6 Å². The van der Waals surface area contributed by atoms with E-state index in [1.165, 1.54) is 31.3 Å². The first-order valence-corrected chi connectivity index (χ1v) is 19.6. The van der Waals surface area contributed by atoms with E-state index in [2.05, 4.69) is 36.6 Å². The van der Waals surface area contributed by atoms with E-state index in [1.54, 1.807) is 0 Å². The van der Waals surface area contributed by atoms with Gasteiger partial charge < -0.3 is 46.9 Å². The first-order chi connectivity index (χ1) is 27.5. The minimum absolute atomic E-state index is 0.0131. The van der Waals surface area contributed by atoms with Crippen molar-refractivity contribution in [3.8, 4) is 0 Å². The zero-order valence-electron chi connectivity index (χ0n) is 33.0. The number of amides is 6. The molecule has 6 atom stereocenters. The molecule has 16 heteroatoms. The molecule has 6 amide bonds. The molecule has 2 heterocycles. The Labute approximate surface area is 333 Å². The lowest BCUT2D eigenvalue weighted by atomic mass is 10.0. The van der Waals surface area contributed by atoms with Gasteiger partial charge in [-0.15, -0.1) is 0 Å². The third-order valence-electron chi connectivity index (χ3n) is 9.66. The van der Waals surface area contributed by atoms with Gasteiger partial charge in [-0.3, -0.25) is 28.8 Å². The second-order valence-corrected chi connectivity index (χ2v) is 14.3. The minimum atomic E-state index is -1.20. The first-order valence-electron chi connectivity index (χ1n) is 19.6. The Morgan fingerprint density at radius 3 is 2.16 bits per heavy atom. The van der Waals surface area contributed by atoms with Gasteiger partial charge in [-0.05, 0) is 37.4 Å². The van der Waals surface area contributed by atoms with Crippen molar-refractivity contribution in [2.45, 2.75) is 109 Å². The van der Waals surface area contributed by atoms with Crippen LogP contribution in [0.2, 0.25) is 0 Å². The van der Waals surface area contributed by atoms with Crippen LogP contribution in [0.1, 0.15) is 69.7 Å². The molecule has 8 N–H and O–H groups in total. The molecule has 0 saturated carbocycles. The number of imidazole rings is 1. The van der Waals surface area contributed by atoms with Gasteiger partial charge in [-0.1, -0.05) is 80.4 Å². The van der Waals surface area contributed by atoms with Crippen molar-refractivity contribution >= 4 is 35.4 Å². The molecule has 0 radical (unpaired) electrons. The average molecular weight is 788 g/mol. The number of aromatic nitrogens is 2. The Kier molecular flexibility index (Phi) is 17.7. The van der Waals surface area contributed by atoms with Gasteiger partial charge in [0, 0.05) is 51.2 Å². The maximum Gasteiger partial charge on any atom is 0.246 e. The Morgan fingerprint density at radius 2 is 1.53 bits per heavy atom. The van der Waals surface area contributed by atoms with Crippen LogP contribution in [-0.2, 0) is 53.0 Å². The largest absolute Gasteiger partial charge is 0.372 e. The normalized spacial score (nSPS) is 17.1. The zero-order valence-corrected chi connectivity index (χ0v) is 33.0. The van der Waals surface area contributed by atoms with E-state index in [0.29, 0.717) is 44.7 Å². The molecule has 1 aliphatic heterocycles. The number of H-pyrrole nitrogens is 1. The summed E-state index contributed by atoms with van der Waals surface area (Å²) in [5, 5.41) is 13.8. The second kappa shape index (κ2) is 22.8. The number of carbonyl (C=O) groups excluding carboxylic acids is 6. The number of carbonyl (C=O) groups is 6. The van der Waals surface area contributed by atoms with Gasteiger partial charge in [0.25, 0.3) is 0 Å². The van der Waals surface area contributed by atoms with Gasteiger partial charge in [0.15, 0.2) is 0 Å². The molecule has 1 aromatic heterocycles. The zero-order chi connectivity index (χ0) is 41.2. The molecule has 57 heavy (non-hydrogen) atoms. The van der Waals surface area contributed by atoms with Crippen molar-refractivity contribution in [3.63, 3.8) is 0 Å². The molecule has 0 spiro atoms. The van der Waals surface area contributed by atoms with Crippen LogP contribution in [0.3, 0.4) is 0 Å². The van der Waals surface area contributed by atoms with E-state index in [4.69, 9.17) is 10.5 Å². The number of nitrogens with two attached hydrogens (primary N) is 1. The number of hydrogen-bond acceptors (Lipinski definition) is 9. The summed E-state index contributed by atoms with van der Waals surface area (Å²) in [7, 11) is 0. The highest BCUT2D eigenvalue weighted by atomic mass is 16.5. The summed E-state index contributed by atoms with van der Waals surface area (Å²) in [5.74, 6) is -3.05. The Bertz CT molecular complexity index is 1740. The highest BCUT2D eigenvalue weighted by Crippen LogP contribution is 2.24. The standard InChI is InChI=1S/C41H57N9O7/c1-4-5-17-33(47-28(3)51)38(53)46-27(2)37(52)48-34(21-31-23-43-26-45-31)39(54)49-35(20-29-13-8-6-9-14-29)41(56)50-24-32(57-25-30-15-10-7-11-16-30)22-36(50)40(55)44-19-12-18-42/h6-11,13-16,23,26-27,32-36H,4-5,12,17-22,24-25,42H2,1-3H3,(H,43,45)(H,44,55)(H,46,53)(H,47,51)(H,48,52)(H,49,54)/t27-,32-,33-,34-,35+,36?/m0/s1. The third kappa shape index (κ3) is 14.1. The van der Waals surface area contributed by atoms with Gasteiger partial charge in [0.1, 0.15) is 30.2 Å². The maximum absolute atomic E-state index is 14.6. The fraction of sp³-hybridized carbons (Fsp3) is 0.488. The smallest absolute Gasteiger partial charge is 0.246 e. The number of nitrogens with one attached hydrogen (secondary N) is 6. The molecule has 16 nitrogen and oxygen atoms in total. The number of aromatic amines is 1. The number of ether oxygens (including phenoxy) is 1. The summed E-state index contributed by atoms with van der Waals surface area (Å²) < 4.78 is 6.21. The van der Waals surface area contributed by atoms with E-state index < -0.39 is 59.9 Å². The highest BCUT2D eigenvalue weighted by Gasteiger charge is 2.43. The molecule has 1 fully saturated rings. The summed E-state index contributed by atoms with van der Waals surface area (Å²) >= 11 is 0. The van der Waals surface area contributed by atoms with Crippen molar-refractivity contribution < 1.29 is 33.5 Å². The van der Waals surface area contributed by atoms with Crippen molar-refractivity contribution in [1.29, 1.82) is 0 Å². The van der Waals surface area contributed by atoms with Crippen molar-refractivity contribution in [2.24, 2.45) is 5.73 Å². The molecule has 1 aliphatic rings. The monoisotopic (exact) mass is 787 g/mol. The summed E-state index contributed by atoms with van der Waals surface area (Å²) in [4.78, 5) is 89.3. The number of nitrogens with zero attached hydrogens (tertiary/aromatic N) is 2. The summed E-state index contributed by atoms with van der Waals surface area (Å²) in [6.07, 6.45) is 5.29. The molecule has 4 rings (SSSR count).